The maximum absolute atomic E-state index is 12.0. The lowest BCUT2D eigenvalue weighted by molar-refractivity contribution is 0.102. The minimum atomic E-state index is -0.218. The molecule has 0 aliphatic rings. The summed E-state index contributed by atoms with van der Waals surface area (Å²) in [4.78, 5) is 16.1. The summed E-state index contributed by atoms with van der Waals surface area (Å²) in [6.45, 7) is 2.80. The highest BCUT2D eigenvalue weighted by Gasteiger charge is 2.07. The summed E-state index contributed by atoms with van der Waals surface area (Å²) in [5.41, 5.74) is 0.551. The van der Waals surface area contributed by atoms with Gasteiger partial charge in [-0.2, -0.15) is 0 Å². The van der Waals surface area contributed by atoms with E-state index >= 15 is 0 Å². The van der Waals surface area contributed by atoms with Crippen LogP contribution in [0.1, 0.15) is 30.1 Å². The van der Waals surface area contributed by atoms with Crippen LogP contribution in [0.25, 0.3) is 0 Å². The minimum Gasteiger partial charge on any atom is -0.494 e. The summed E-state index contributed by atoms with van der Waals surface area (Å²) < 4.78 is 5.55. The molecule has 0 fully saturated rings. The average molecular weight is 305 g/mol. The first-order chi connectivity index (χ1) is 10.2. The molecule has 1 heterocycles. The van der Waals surface area contributed by atoms with Gasteiger partial charge in [0.25, 0.3) is 5.91 Å². The van der Waals surface area contributed by atoms with Gasteiger partial charge in [0.05, 0.1) is 11.6 Å². The minimum absolute atomic E-state index is 0.218. The summed E-state index contributed by atoms with van der Waals surface area (Å²) in [7, 11) is 0. The van der Waals surface area contributed by atoms with Crippen molar-refractivity contribution in [2.75, 3.05) is 11.9 Å². The lowest BCUT2D eigenvalue weighted by Crippen LogP contribution is -2.12. The number of anilines is 1. The first kappa shape index (κ1) is 15.3. The van der Waals surface area contributed by atoms with Gasteiger partial charge in [0, 0.05) is 11.8 Å². The molecule has 1 aromatic carbocycles. The second-order valence-corrected chi connectivity index (χ2v) is 4.98. The Balaban J connectivity index is 1.94. The van der Waals surface area contributed by atoms with E-state index < -0.39 is 0 Å². The Morgan fingerprint density at radius 1 is 1.24 bits per heavy atom. The maximum Gasteiger partial charge on any atom is 0.256 e. The highest BCUT2D eigenvalue weighted by atomic mass is 35.5. The van der Waals surface area contributed by atoms with Gasteiger partial charge in [0.1, 0.15) is 11.6 Å². The third kappa shape index (κ3) is 4.76. The highest BCUT2D eigenvalue weighted by molar-refractivity contribution is 6.30. The largest absolute Gasteiger partial charge is 0.494 e. The highest BCUT2D eigenvalue weighted by Crippen LogP contribution is 2.15. The number of aromatic nitrogens is 1. The van der Waals surface area contributed by atoms with Crippen LogP contribution >= 0.6 is 11.6 Å². The van der Waals surface area contributed by atoms with E-state index in [-0.39, 0.29) is 5.91 Å². The smallest absolute Gasteiger partial charge is 0.256 e. The van der Waals surface area contributed by atoms with E-state index in [1.807, 2.05) is 0 Å². The van der Waals surface area contributed by atoms with E-state index in [9.17, 15) is 4.79 Å². The summed E-state index contributed by atoms with van der Waals surface area (Å²) in [6.07, 6.45) is 3.60. The monoisotopic (exact) mass is 304 g/mol. The van der Waals surface area contributed by atoms with E-state index in [1.165, 1.54) is 6.20 Å². The number of nitrogens with one attached hydrogen (secondary N) is 1. The molecule has 0 unspecified atom stereocenters. The third-order valence-corrected chi connectivity index (χ3v) is 3.08. The number of halogens is 1. The predicted octanol–water partition coefficient (Wildman–Crippen LogP) is 4.17. The number of hydrogen-bond acceptors (Lipinski definition) is 3. The van der Waals surface area contributed by atoms with Crippen molar-refractivity contribution in [2.24, 2.45) is 0 Å². The van der Waals surface area contributed by atoms with Crippen molar-refractivity contribution in [3.8, 4) is 5.75 Å². The average Bonchev–Trinajstić information content (AvgIpc) is 2.50. The summed E-state index contributed by atoms with van der Waals surface area (Å²) in [6, 6.07) is 10.4. The van der Waals surface area contributed by atoms with Crippen LogP contribution in [-0.4, -0.2) is 17.5 Å². The molecule has 2 aromatic rings. The molecule has 110 valence electrons. The van der Waals surface area contributed by atoms with Gasteiger partial charge in [-0.3, -0.25) is 4.79 Å². The molecule has 0 saturated heterocycles. The van der Waals surface area contributed by atoms with Crippen molar-refractivity contribution in [1.82, 2.24) is 4.98 Å². The van der Waals surface area contributed by atoms with Gasteiger partial charge in [-0.15, -0.1) is 0 Å². The first-order valence-electron chi connectivity index (χ1n) is 6.85. The molecule has 2 rings (SSSR count). The van der Waals surface area contributed by atoms with Gasteiger partial charge in [0.2, 0.25) is 0 Å². The van der Waals surface area contributed by atoms with Crippen LogP contribution in [0.5, 0.6) is 5.75 Å². The molecule has 0 bridgehead atoms. The molecule has 0 radical (unpaired) electrons. The molecule has 0 aliphatic heterocycles. The zero-order chi connectivity index (χ0) is 15.1. The lowest BCUT2D eigenvalue weighted by atomic mass is 10.2. The quantitative estimate of drug-likeness (QED) is 0.815. The van der Waals surface area contributed by atoms with Crippen LogP contribution in [0.3, 0.4) is 0 Å². The van der Waals surface area contributed by atoms with Crippen molar-refractivity contribution >= 4 is 23.3 Å². The molecule has 5 heteroatoms. The Morgan fingerprint density at radius 2 is 2.00 bits per heavy atom. The van der Waals surface area contributed by atoms with Gasteiger partial charge >= 0.3 is 0 Å². The molecule has 1 aromatic heterocycles. The number of rotatable bonds is 6. The van der Waals surface area contributed by atoms with Crippen molar-refractivity contribution in [3.05, 3.63) is 53.2 Å². The van der Waals surface area contributed by atoms with Crippen molar-refractivity contribution in [2.45, 2.75) is 19.8 Å². The van der Waals surface area contributed by atoms with Gasteiger partial charge in [-0.25, -0.2) is 4.98 Å². The number of hydrogen-bond donors (Lipinski definition) is 1. The van der Waals surface area contributed by atoms with Crippen LogP contribution in [0.4, 0.5) is 5.82 Å². The van der Waals surface area contributed by atoms with Crippen molar-refractivity contribution in [1.29, 1.82) is 0 Å². The Labute approximate surface area is 129 Å². The molecule has 0 aliphatic carbocycles. The lowest BCUT2D eigenvalue weighted by Gasteiger charge is -2.07. The third-order valence-electron chi connectivity index (χ3n) is 2.85. The number of benzene rings is 1. The topological polar surface area (TPSA) is 51.2 Å². The zero-order valence-electron chi connectivity index (χ0n) is 11.8. The molecular weight excluding hydrogens is 288 g/mol. The molecule has 0 saturated carbocycles. The Hall–Kier alpha value is -2.07. The summed E-state index contributed by atoms with van der Waals surface area (Å²) in [5, 5.41) is 3.24. The molecular formula is C16H17ClN2O2. The second-order valence-electron chi connectivity index (χ2n) is 4.54. The number of carbonyl (C=O) groups is 1. The van der Waals surface area contributed by atoms with Gasteiger partial charge < -0.3 is 10.1 Å². The molecule has 1 amide bonds. The Bertz CT molecular complexity index is 582. The number of unbranched alkanes of at least 4 members (excludes halogenated alkanes) is 1. The van der Waals surface area contributed by atoms with Crippen LogP contribution in [0.2, 0.25) is 5.02 Å². The molecule has 0 spiro atoms. The molecule has 4 nitrogen and oxygen atoms in total. The van der Waals surface area contributed by atoms with E-state index in [2.05, 4.69) is 17.2 Å². The SMILES string of the molecule is CCCCOc1ccc(C(=O)Nc2ccc(Cl)cn2)cc1. The van der Waals surface area contributed by atoms with Crippen molar-refractivity contribution in [3.63, 3.8) is 0 Å². The van der Waals surface area contributed by atoms with Gasteiger partial charge in [-0.05, 0) is 42.8 Å². The number of carbonyl (C=O) groups excluding carboxylic acids is 1. The number of pyridine rings is 1. The maximum atomic E-state index is 12.0. The fourth-order valence-electron chi connectivity index (χ4n) is 1.68. The fraction of sp³-hybridized carbons (Fsp3) is 0.250. The van der Waals surface area contributed by atoms with Crippen molar-refractivity contribution < 1.29 is 9.53 Å². The summed E-state index contributed by atoms with van der Waals surface area (Å²) >= 11 is 5.75. The molecule has 1 N–H and O–H groups in total. The van der Waals surface area contributed by atoms with E-state index in [0.717, 1.165) is 18.6 Å². The molecule has 21 heavy (non-hydrogen) atoms. The number of ether oxygens (including phenoxy) is 1. The Kier molecular flexibility index (Phi) is 5.58. The van der Waals surface area contributed by atoms with E-state index in [4.69, 9.17) is 16.3 Å². The second kappa shape index (κ2) is 7.64. The normalized spacial score (nSPS) is 10.2. The van der Waals surface area contributed by atoms with Crippen LogP contribution in [-0.2, 0) is 0 Å². The first-order valence-corrected chi connectivity index (χ1v) is 7.22. The van der Waals surface area contributed by atoms with Gasteiger partial charge in [0.15, 0.2) is 0 Å². The fourth-order valence-corrected chi connectivity index (χ4v) is 1.79. The molecule has 0 atom stereocenters. The summed E-state index contributed by atoms with van der Waals surface area (Å²) in [5.74, 6) is 1.02. The zero-order valence-corrected chi connectivity index (χ0v) is 12.6. The Morgan fingerprint density at radius 3 is 2.62 bits per heavy atom. The van der Waals surface area contributed by atoms with E-state index in [0.29, 0.717) is 23.0 Å². The van der Waals surface area contributed by atoms with Gasteiger partial charge in [-0.1, -0.05) is 24.9 Å². The van der Waals surface area contributed by atoms with Crippen LogP contribution in [0, 0.1) is 0 Å². The van der Waals surface area contributed by atoms with E-state index in [1.54, 1.807) is 36.4 Å². The predicted molar refractivity (Wildman–Crippen MR) is 84.0 cm³/mol. The number of nitrogens with zero attached hydrogens (tertiary/aromatic N) is 1. The van der Waals surface area contributed by atoms with Crippen LogP contribution in [0.15, 0.2) is 42.6 Å². The van der Waals surface area contributed by atoms with Crippen LogP contribution < -0.4 is 10.1 Å². The number of amides is 1. The standard InChI is InChI=1S/C16H17ClN2O2/c1-2-3-10-21-14-7-4-12(5-8-14)16(20)19-15-9-6-13(17)11-18-15/h4-9,11H,2-3,10H2,1H3,(H,18,19,20).